The average molecular weight is 195 g/mol. The molecule has 0 aliphatic rings. The van der Waals surface area contributed by atoms with Crippen LogP contribution in [0.3, 0.4) is 0 Å². The van der Waals surface area contributed by atoms with E-state index in [1.807, 2.05) is 6.20 Å². The zero-order chi connectivity index (χ0) is 10.1. The number of nitrogens with one attached hydrogen (secondary N) is 2. The Kier molecular flexibility index (Phi) is 6.07. The topological polar surface area (TPSA) is 40.7 Å². The lowest BCUT2D eigenvalue weighted by atomic mass is 10.1. The van der Waals surface area contributed by atoms with Crippen LogP contribution in [-0.2, 0) is 6.54 Å². The molecule has 1 rings (SSSR count). The summed E-state index contributed by atoms with van der Waals surface area (Å²) >= 11 is 0. The van der Waals surface area contributed by atoms with E-state index in [1.165, 1.54) is 32.1 Å². The molecule has 0 radical (unpaired) electrons. The first-order valence-electron chi connectivity index (χ1n) is 5.62. The number of H-pyrrole nitrogens is 1. The zero-order valence-electron chi connectivity index (χ0n) is 9.05. The number of imidazole rings is 1. The lowest BCUT2D eigenvalue weighted by molar-refractivity contribution is 0.577. The molecule has 3 nitrogen and oxygen atoms in total. The molecule has 0 atom stereocenters. The predicted octanol–water partition coefficient (Wildman–Crippen LogP) is 2.47. The fourth-order valence-corrected chi connectivity index (χ4v) is 1.45. The van der Waals surface area contributed by atoms with Gasteiger partial charge in [-0.1, -0.05) is 32.6 Å². The molecular formula is C11H21N3. The molecule has 1 aromatic rings. The van der Waals surface area contributed by atoms with Crippen LogP contribution in [0.2, 0.25) is 0 Å². The van der Waals surface area contributed by atoms with Crippen molar-refractivity contribution in [2.75, 3.05) is 6.54 Å². The second kappa shape index (κ2) is 7.56. The standard InChI is InChI=1S/C11H21N3/c1-2-3-4-5-6-7-12-10-11-13-8-9-14-11/h8-9,12H,2-7,10H2,1H3,(H,13,14). The van der Waals surface area contributed by atoms with Gasteiger partial charge in [-0.25, -0.2) is 4.98 Å². The van der Waals surface area contributed by atoms with Crippen LogP contribution in [0.1, 0.15) is 44.9 Å². The van der Waals surface area contributed by atoms with Crippen molar-refractivity contribution in [2.45, 2.75) is 45.6 Å². The van der Waals surface area contributed by atoms with Crippen molar-refractivity contribution in [3.05, 3.63) is 18.2 Å². The summed E-state index contributed by atoms with van der Waals surface area (Å²) in [5.41, 5.74) is 0. The molecule has 3 heteroatoms. The van der Waals surface area contributed by atoms with Crippen LogP contribution in [0.25, 0.3) is 0 Å². The van der Waals surface area contributed by atoms with E-state index in [2.05, 4.69) is 22.2 Å². The molecule has 14 heavy (non-hydrogen) atoms. The maximum atomic E-state index is 4.15. The SMILES string of the molecule is CCCCCCCNCc1ncc[nH]1. The van der Waals surface area contributed by atoms with E-state index in [-0.39, 0.29) is 0 Å². The molecule has 0 aliphatic heterocycles. The number of rotatable bonds is 8. The van der Waals surface area contributed by atoms with Gasteiger partial charge in [-0.2, -0.15) is 0 Å². The minimum atomic E-state index is 0.862. The normalized spacial score (nSPS) is 10.6. The van der Waals surface area contributed by atoms with E-state index in [4.69, 9.17) is 0 Å². The van der Waals surface area contributed by atoms with Crippen LogP contribution in [0.4, 0.5) is 0 Å². The minimum absolute atomic E-state index is 0.862. The van der Waals surface area contributed by atoms with E-state index < -0.39 is 0 Å². The first-order valence-corrected chi connectivity index (χ1v) is 5.62. The highest BCUT2D eigenvalue weighted by molar-refractivity contribution is 4.85. The molecule has 0 spiro atoms. The highest BCUT2D eigenvalue weighted by Crippen LogP contribution is 2.01. The van der Waals surface area contributed by atoms with Crippen LogP contribution >= 0.6 is 0 Å². The molecule has 80 valence electrons. The van der Waals surface area contributed by atoms with Crippen LogP contribution < -0.4 is 5.32 Å². The summed E-state index contributed by atoms with van der Waals surface area (Å²) in [4.78, 5) is 7.22. The fraction of sp³-hybridized carbons (Fsp3) is 0.727. The number of nitrogens with zero attached hydrogens (tertiary/aromatic N) is 1. The highest BCUT2D eigenvalue weighted by atomic mass is 15.0. The van der Waals surface area contributed by atoms with Crippen molar-refractivity contribution in [3.8, 4) is 0 Å². The Bertz CT molecular complexity index is 206. The van der Waals surface area contributed by atoms with Gasteiger partial charge in [0.25, 0.3) is 0 Å². The molecule has 0 aromatic carbocycles. The average Bonchev–Trinajstić information content (AvgIpc) is 2.69. The van der Waals surface area contributed by atoms with E-state index >= 15 is 0 Å². The van der Waals surface area contributed by atoms with Crippen LogP contribution in [0.5, 0.6) is 0 Å². The van der Waals surface area contributed by atoms with Crippen molar-refractivity contribution < 1.29 is 0 Å². The Morgan fingerprint density at radius 1 is 1.29 bits per heavy atom. The second-order valence-electron chi connectivity index (χ2n) is 3.63. The lowest BCUT2D eigenvalue weighted by Gasteiger charge is -2.02. The number of hydrogen-bond acceptors (Lipinski definition) is 2. The van der Waals surface area contributed by atoms with Gasteiger partial charge in [0.15, 0.2) is 0 Å². The Labute approximate surface area is 86.3 Å². The summed E-state index contributed by atoms with van der Waals surface area (Å²) in [5, 5.41) is 3.37. The van der Waals surface area contributed by atoms with Crippen LogP contribution in [-0.4, -0.2) is 16.5 Å². The van der Waals surface area contributed by atoms with Gasteiger partial charge in [-0.15, -0.1) is 0 Å². The van der Waals surface area contributed by atoms with Crippen molar-refractivity contribution in [3.63, 3.8) is 0 Å². The van der Waals surface area contributed by atoms with Crippen molar-refractivity contribution >= 4 is 0 Å². The van der Waals surface area contributed by atoms with Gasteiger partial charge in [-0.05, 0) is 13.0 Å². The van der Waals surface area contributed by atoms with E-state index in [1.54, 1.807) is 6.20 Å². The first kappa shape index (κ1) is 11.2. The predicted molar refractivity (Wildman–Crippen MR) is 59.1 cm³/mol. The van der Waals surface area contributed by atoms with Crippen molar-refractivity contribution in [1.29, 1.82) is 0 Å². The largest absolute Gasteiger partial charge is 0.348 e. The Morgan fingerprint density at radius 3 is 2.86 bits per heavy atom. The monoisotopic (exact) mass is 195 g/mol. The molecular weight excluding hydrogens is 174 g/mol. The quantitative estimate of drug-likeness (QED) is 0.626. The molecule has 2 N–H and O–H groups in total. The van der Waals surface area contributed by atoms with Gasteiger partial charge in [-0.3, -0.25) is 0 Å². The third-order valence-electron chi connectivity index (χ3n) is 2.30. The summed E-state index contributed by atoms with van der Waals surface area (Å²) in [6.07, 6.45) is 10.3. The zero-order valence-corrected chi connectivity index (χ0v) is 9.05. The van der Waals surface area contributed by atoms with Crippen LogP contribution in [0, 0.1) is 0 Å². The third-order valence-corrected chi connectivity index (χ3v) is 2.30. The molecule has 0 bridgehead atoms. The second-order valence-corrected chi connectivity index (χ2v) is 3.63. The number of aromatic nitrogens is 2. The van der Waals surface area contributed by atoms with E-state index in [0.29, 0.717) is 0 Å². The van der Waals surface area contributed by atoms with Gasteiger partial charge >= 0.3 is 0 Å². The molecule has 0 unspecified atom stereocenters. The van der Waals surface area contributed by atoms with Crippen molar-refractivity contribution in [2.24, 2.45) is 0 Å². The first-order chi connectivity index (χ1) is 6.93. The molecule has 0 fully saturated rings. The molecule has 0 amide bonds. The fourth-order valence-electron chi connectivity index (χ4n) is 1.45. The highest BCUT2D eigenvalue weighted by Gasteiger charge is 1.93. The Hall–Kier alpha value is -0.830. The summed E-state index contributed by atoms with van der Waals surface area (Å²) < 4.78 is 0. The van der Waals surface area contributed by atoms with Crippen LogP contribution in [0.15, 0.2) is 12.4 Å². The summed E-state index contributed by atoms with van der Waals surface area (Å²) in [5.74, 6) is 1.03. The summed E-state index contributed by atoms with van der Waals surface area (Å²) in [6, 6.07) is 0. The molecule has 1 heterocycles. The summed E-state index contributed by atoms with van der Waals surface area (Å²) in [6.45, 7) is 4.21. The molecule has 0 aliphatic carbocycles. The summed E-state index contributed by atoms with van der Waals surface area (Å²) in [7, 11) is 0. The van der Waals surface area contributed by atoms with E-state index in [0.717, 1.165) is 18.9 Å². The maximum Gasteiger partial charge on any atom is 0.120 e. The number of hydrogen-bond donors (Lipinski definition) is 2. The lowest BCUT2D eigenvalue weighted by Crippen LogP contribution is -2.15. The van der Waals surface area contributed by atoms with Crippen molar-refractivity contribution in [1.82, 2.24) is 15.3 Å². The van der Waals surface area contributed by atoms with Gasteiger partial charge in [0, 0.05) is 12.4 Å². The van der Waals surface area contributed by atoms with Gasteiger partial charge in [0.1, 0.15) is 5.82 Å². The third kappa shape index (κ3) is 5.02. The minimum Gasteiger partial charge on any atom is -0.348 e. The Balaban J connectivity index is 1.85. The maximum absolute atomic E-state index is 4.15. The molecule has 0 saturated carbocycles. The smallest absolute Gasteiger partial charge is 0.120 e. The number of aromatic amines is 1. The number of unbranched alkanes of at least 4 members (excludes halogenated alkanes) is 4. The van der Waals surface area contributed by atoms with Gasteiger partial charge in [0.2, 0.25) is 0 Å². The Morgan fingerprint density at radius 2 is 2.14 bits per heavy atom. The molecule has 1 aromatic heterocycles. The van der Waals surface area contributed by atoms with E-state index in [9.17, 15) is 0 Å². The van der Waals surface area contributed by atoms with Gasteiger partial charge in [0.05, 0.1) is 6.54 Å². The van der Waals surface area contributed by atoms with Gasteiger partial charge < -0.3 is 10.3 Å². The molecule has 0 saturated heterocycles.